The largest absolute Gasteiger partial charge is 0.481 e. The van der Waals surface area contributed by atoms with E-state index in [1.54, 1.807) is 6.92 Å². The van der Waals surface area contributed by atoms with E-state index in [4.69, 9.17) is 4.74 Å². The number of nitrogens with one attached hydrogen (secondary N) is 1. The number of carbonyl (C=O) groups excluding carboxylic acids is 1. The highest BCUT2D eigenvalue weighted by molar-refractivity contribution is 14.1. The summed E-state index contributed by atoms with van der Waals surface area (Å²) < 4.78 is 6.71. The fraction of sp³-hybridized carbons (Fsp3) is 0.188. The zero-order chi connectivity index (χ0) is 14.5. The van der Waals surface area contributed by atoms with Crippen molar-refractivity contribution in [2.75, 3.05) is 5.32 Å². The SMILES string of the molecule is Cc1ccc(NC(=O)C(C)Oc2ccccc2)cc1I. The third-order valence-electron chi connectivity index (χ3n) is 2.86. The van der Waals surface area contributed by atoms with Crippen LogP contribution >= 0.6 is 22.6 Å². The predicted molar refractivity (Wildman–Crippen MR) is 89.1 cm³/mol. The van der Waals surface area contributed by atoms with Crippen molar-refractivity contribution >= 4 is 34.2 Å². The van der Waals surface area contributed by atoms with Gasteiger partial charge in [-0.15, -0.1) is 0 Å². The summed E-state index contributed by atoms with van der Waals surface area (Å²) in [6.07, 6.45) is -0.545. The molecular weight excluding hydrogens is 365 g/mol. The lowest BCUT2D eigenvalue weighted by Gasteiger charge is -2.15. The monoisotopic (exact) mass is 381 g/mol. The lowest BCUT2D eigenvalue weighted by atomic mass is 10.2. The highest BCUT2D eigenvalue weighted by atomic mass is 127. The molecule has 0 aromatic heterocycles. The van der Waals surface area contributed by atoms with Crippen LogP contribution in [0.1, 0.15) is 12.5 Å². The molecule has 1 atom stereocenters. The second kappa shape index (κ2) is 6.74. The van der Waals surface area contributed by atoms with E-state index in [1.807, 2.05) is 55.5 Å². The molecule has 3 nitrogen and oxygen atoms in total. The Labute approximate surface area is 132 Å². The first-order valence-corrected chi connectivity index (χ1v) is 7.43. The summed E-state index contributed by atoms with van der Waals surface area (Å²) in [5, 5.41) is 2.86. The van der Waals surface area contributed by atoms with Crippen LogP contribution in [0.2, 0.25) is 0 Å². The number of ether oxygens (including phenoxy) is 1. The van der Waals surface area contributed by atoms with E-state index in [-0.39, 0.29) is 5.91 Å². The van der Waals surface area contributed by atoms with Crippen LogP contribution in [0.15, 0.2) is 48.5 Å². The third kappa shape index (κ3) is 3.96. The molecule has 2 aromatic carbocycles. The molecule has 1 unspecified atom stereocenters. The first-order chi connectivity index (χ1) is 9.56. The molecule has 104 valence electrons. The minimum atomic E-state index is -0.545. The Bertz CT molecular complexity index is 599. The molecule has 0 aliphatic carbocycles. The van der Waals surface area contributed by atoms with Gasteiger partial charge in [0, 0.05) is 9.26 Å². The topological polar surface area (TPSA) is 38.3 Å². The molecule has 20 heavy (non-hydrogen) atoms. The average Bonchev–Trinajstić information content (AvgIpc) is 2.44. The van der Waals surface area contributed by atoms with Crippen molar-refractivity contribution in [1.82, 2.24) is 0 Å². The van der Waals surface area contributed by atoms with E-state index in [2.05, 4.69) is 27.9 Å². The number of para-hydroxylation sites is 1. The Hall–Kier alpha value is -1.56. The Morgan fingerprint density at radius 1 is 1.20 bits per heavy atom. The van der Waals surface area contributed by atoms with E-state index < -0.39 is 6.10 Å². The van der Waals surface area contributed by atoms with Crippen molar-refractivity contribution in [2.45, 2.75) is 20.0 Å². The van der Waals surface area contributed by atoms with Crippen molar-refractivity contribution in [3.05, 3.63) is 57.7 Å². The average molecular weight is 381 g/mol. The van der Waals surface area contributed by atoms with Gasteiger partial charge in [0.1, 0.15) is 5.75 Å². The maximum absolute atomic E-state index is 12.1. The van der Waals surface area contributed by atoms with Gasteiger partial charge in [-0.25, -0.2) is 0 Å². The van der Waals surface area contributed by atoms with Gasteiger partial charge in [0.25, 0.3) is 5.91 Å². The van der Waals surface area contributed by atoms with Crippen LogP contribution in [-0.4, -0.2) is 12.0 Å². The molecule has 1 N–H and O–H groups in total. The van der Waals surface area contributed by atoms with Crippen molar-refractivity contribution in [1.29, 1.82) is 0 Å². The molecule has 0 saturated carbocycles. The molecule has 2 rings (SSSR count). The Balaban J connectivity index is 1.99. The van der Waals surface area contributed by atoms with Crippen molar-refractivity contribution in [3.8, 4) is 5.75 Å². The lowest BCUT2D eigenvalue weighted by Crippen LogP contribution is -2.30. The minimum Gasteiger partial charge on any atom is -0.481 e. The molecular formula is C16H16INO2. The number of aryl methyl sites for hydroxylation is 1. The fourth-order valence-corrected chi connectivity index (χ4v) is 2.19. The van der Waals surface area contributed by atoms with E-state index in [0.29, 0.717) is 5.75 Å². The van der Waals surface area contributed by atoms with Crippen LogP contribution in [0.25, 0.3) is 0 Å². The Kier molecular flexibility index (Phi) is 5.00. The molecule has 0 fully saturated rings. The van der Waals surface area contributed by atoms with Gasteiger partial charge in [0.2, 0.25) is 0 Å². The zero-order valence-corrected chi connectivity index (χ0v) is 13.5. The van der Waals surface area contributed by atoms with Gasteiger partial charge < -0.3 is 10.1 Å². The maximum atomic E-state index is 12.1. The number of carbonyl (C=O) groups is 1. The summed E-state index contributed by atoms with van der Waals surface area (Å²) in [5.41, 5.74) is 1.98. The number of benzene rings is 2. The highest BCUT2D eigenvalue weighted by Crippen LogP contribution is 2.18. The maximum Gasteiger partial charge on any atom is 0.265 e. The Morgan fingerprint density at radius 2 is 1.90 bits per heavy atom. The van der Waals surface area contributed by atoms with Crippen molar-refractivity contribution < 1.29 is 9.53 Å². The van der Waals surface area contributed by atoms with Crippen LogP contribution < -0.4 is 10.1 Å². The summed E-state index contributed by atoms with van der Waals surface area (Å²) in [4.78, 5) is 12.1. The normalized spacial score (nSPS) is 11.8. The molecule has 1 amide bonds. The van der Waals surface area contributed by atoms with E-state index in [9.17, 15) is 4.79 Å². The number of hydrogen-bond acceptors (Lipinski definition) is 2. The lowest BCUT2D eigenvalue weighted by molar-refractivity contribution is -0.122. The molecule has 0 saturated heterocycles. The molecule has 0 bridgehead atoms. The van der Waals surface area contributed by atoms with Crippen molar-refractivity contribution in [2.24, 2.45) is 0 Å². The highest BCUT2D eigenvalue weighted by Gasteiger charge is 2.14. The van der Waals surface area contributed by atoms with Crippen LogP contribution in [0.4, 0.5) is 5.69 Å². The number of rotatable bonds is 4. The second-order valence-electron chi connectivity index (χ2n) is 4.53. The van der Waals surface area contributed by atoms with E-state index in [1.165, 1.54) is 5.56 Å². The minimum absolute atomic E-state index is 0.159. The van der Waals surface area contributed by atoms with Crippen LogP contribution in [0.5, 0.6) is 5.75 Å². The van der Waals surface area contributed by atoms with Crippen LogP contribution in [0.3, 0.4) is 0 Å². The van der Waals surface area contributed by atoms with Crippen LogP contribution in [0, 0.1) is 10.5 Å². The predicted octanol–water partition coefficient (Wildman–Crippen LogP) is 4.01. The van der Waals surface area contributed by atoms with E-state index >= 15 is 0 Å². The first-order valence-electron chi connectivity index (χ1n) is 6.35. The number of hydrogen-bond donors (Lipinski definition) is 1. The van der Waals surface area contributed by atoms with Gasteiger partial charge in [-0.05, 0) is 66.3 Å². The fourth-order valence-electron chi connectivity index (χ4n) is 1.67. The third-order valence-corrected chi connectivity index (χ3v) is 4.03. The summed E-state index contributed by atoms with van der Waals surface area (Å²) in [7, 11) is 0. The van der Waals surface area contributed by atoms with Gasteiger partial charge >= 0.3 is 0 Å². The van der Waals surface area contributed by atoms with Gasteiger partial charge in [-0.1, -0.05) is 24.3 Å². The summed E-state index contributed by atoms with van der Waals surface area (Å²) >= 11 is 2.25. The van der Waals surface area contributed by atoms with Crippen molar-refractivity contribution in [3.63, 3.8) is 0 Å². The summed E-state index contributed by atoms with van der Waals surface area (Å²) in [6, 6.07) is 15.2. The molecule has 0 radical (unpaired) electrons. The van der Waals surface area contributed by atoms with Gasteiger partial charge in [-0.3, -0.25) is 4.79 Å². The molecule has 2 aromatic rings. The quantitative estimate of drug-likeness (QED) is 0.813. The Morgan fingerprint density at radius 3 is 2.55 bits per heavy atom. The first kappa shape index (κ1) is 14.8. The molecule has 0 heterocycles. The van der Waals surface area contributed by atoms with Gasteiger partial charge in [-0.2, -0.15) is 0 Å². The molecule has 0 spiro atoms. The summed E-state index contributed by atoms with van der Waals surface area (Å²) in [5.74, 6) is 0.530. The summed E-state index contributed by atoms with van der Waals surface area (Å²) in [6.45, 7) is 3.77. The second-order valence-corrected chi connectivity index (χ2v) is 5.69. The number of anilines is 1. The molecule has 4 heteroatoms. The molecule has 0 aliphatic rings. The van der Waals surface area contributed by atoms with Gasteiger partial charge in [0.05, 0.1) is 0 Å². The van der Waals surface area contributed by atoms with E-state index in [0.717, 1.165) is 9.26 Å². The molecule has 0 aliphatic heterocycles. The smallest absolute Gasteiger partial charge is 0.265 e. The number of amides is 1. The zero-order valence-electron chi connectivity index (χ0n) is 11.4. The van der Waals surface area contributed by atoms with Gasteiger partial charge in [0.15, 0.2) is 6.10 Å². The number of halogens is 1. The standard InChI is InChI=1S/C16H16INO2/c1-11-8-9-13(10-15(11)17)18-16(19)12(2)20-14-6-4-3-5-7-14/h3-10,12H,1-2H3,(H,18,19). The van der Waals surface area contributed by atoms with Crippen LogP contribution in [-0.2, 0) is 4.79 Å².